The van der Waals surface area contributed by atoms with E-state index in [-0.39, 0.29) is 35.3 Å². The first-order chi connectivity index (χ1) is 10.9. The third-order valence-electron chi connectivity index (χ3n) is 6.99. The molecule has 0 radical (unpaired) electrons. The number of carbonyl (C=O) groups excluding carboxylic acids is 1. The van der Waals surface area contributed by atoms with Gasteiger partial charge < -0.3 is 9.84 Å². The van der Waals surface area contributed by atoms with E-state index in [1.807, 2.05) is 6.92 Å². The first kappa shape index (κ1) is 13.7. The van der Waals surface area contributed by atoms with Crippen LogP contribution in [0.3, 0.4) is 0 Å². The number of aliphatic hydroxyl groups is 1. The molecule has 3 aliphatic carbocycles. The SMILES string of the molecule is Cc1cc(=O)cc2c3c1[C@H](O)[C@H]1[C@@H]3[C@]3(CC2)C(=O)O[C@@H]1CC3C. The van der Waals surface area contributed by atoms with E-state index in [2.05, 4.69) is 6.92 Å². The van der Waals surface area contributed by atoms with E-state index in [1.54, 1.807) is 12.1 Å². The van der Waals surface area contributed by atoms with Crippen LogP contribution in [0.15, 0.2) is 16.9 Å². The fourth-order valence-electron chi connectivity index (χ4n) is 6.09. The molecule has 2 bridgehead atoms. The molecule has 6 atom stereocenters. The molecule has 1 N–H and O–H groups in total. The Hall–Kier alpha value is -1.68. The summed E-state index contributed by atoms with van der Waals surface area (Å²) in [6, 6.07) is 3.33. The number of carbonyl (C=O) groups is 1. The van der Waals surface area contributed by atoms with E-state index in [4.69, 9.17) is 4.74 Å². The highest BCUT2D eigenvalue weighted by Crippen LogP contribution is 2.69. The van der Waals surface area contributed by atoms with Crippen LogP contribution in [0.5, 0.6) is 0 Å². The van der Waals surface area contributed by atoms with Crippen molar-refractivity contribution in [2.45, 2.75) is 51.2 Å². The third kappa shape index (κ3) is 1.38. The molecule has 1 spiro atoms. The van der Waals surface area contributed by atoms with Crippen molar-refractivity contribution in [1.29, 1.82) is 0 Å². The molecule has 5 aliphatic rings. The maximum atomic E-state index is 12.8. The molecule has 3 fully saturated rings. The van der Waals surface area contributed by atoms with E-state index in [0.29, 0.717) is 6.42 Å². The molecule has 1 saturated carbocycles. The topological polar surface area (TPSA) is 63.6 Å². The fourth-order valence-corrected chi connectivity index (χ4v) is 6.09. The number of aryl methyl sites for hydroxylation is 2. The Morgan fingerprint density at radius 2 is 2.04 bits per heavy atom. The predicted molar refractivity (Wildman–Crippen MR) is 83.1 cm³/mol. The largest absolute Gasteiger partial charge is 0.461 e. The van der Waals surface area contributed by atoms with Gasteiger partial charge in [0.15, 0.2) is 5.43 Å². The molecule has 0 aromatic heterocycles. The molecular weight excluding hydrogens is 292 g/mol. The summed E-state index contributed by atoms with van der Waals surface area (Å²) in [5.74, 6) is 0.143. The van der Waals surface area contributed by atoms with Gasteiger partial charge in [-0.25, -0.2) is 0 Å². The second kappa shape index (κ2) is 4.04. The quantitative estimate of drug-likeness (QED) is 0.744. The molecular formula is C19H20O4. The summed E-state index contributed by atoms with van der Waals surface area (Å²) in [4.78, 5) is 24.9. The van der Waals surface area contributed by atoms with Crippen LogP contribution in [-0.2, 0) is 16.0 Å². The number of rotatable bonds is 0. The summed E-state index contributed by atoms with van der Waals surface area (Å²) in [5.41, 5.74) is 3.32. The van der Waals surface area contributed by atoms with Gasteiger partial charge in [-0.15, -0.1) is 0 Å². The number of esters is 1. The Morgan fingerprint density at radius 3 is 2.78 bits per heavy atom. The molecule has 2 heterocycles. The van der Waals surface area contributed by atoms with Gasteiger partial charge in [0.25, 0.3) is 0 Å². The standard InChI is InChI=1S/C19H20O4/c1-8-5-11(20)7-10-3-4-19-9(2)6-12(23-18(19)22)15-16(19)14(10)13(8)17(15)21/h5,7,9,12,15-17,21H,3-4,6H2,1-2H3/t9?,12-,15-,16-,17+,19-/m1/s1. The van der Waals surface area contributed by atoms with Crippen LogP contribution < -0.4 is 5.43 Å². The maximum absolute atomic E-state index is 12.8. The lowest BCUT2D eigenvalue weighted by Crippen LogP contribution is -2.61. The van der Waals surface area contributed by atoms with Gasteiger partial charge >= 0.3 is 5.97 Å². The lowest BCUT2D eigenvalue weighted by molar-refractivity contribution is -0.215. The highest BCUT2D eigenvalue weighted by atomic mass is 16.6. The van der Waals surface area contributed by atoms with E-state index in [0.717, 1.165) is 35.1 Å². The second-order valence-electron chi connectivity index (χ2n) is 7.85. The van der Waals surface area contributed by atoms with Crippen LogP contribution in [0.4, 0.5) is 0 Å². The summed E-state index contributed by atoms with van der Waals surface area (Å²) >= 11 is 0. The van der Waals surface area contributed by atoms with Crippen molar-refractivity contribution in [2.75, 3.05) is 0 Å². The number of aliphatic hydroxyl groups excluding tert-OH is 1. The number of hydrogen-bond acceptors (Lipinski definition) is 4. The number of ether oxygens (including phenoxy) is 1. The van der Waals surface area contributed by atoms with Crippen LogP contribution in [0.1, 0.15) is 54.0 Å². The zero-order valence-electron chi connectivity index (χ0n) is 13.3. The van der Waals surface area contributed by atoms with Crippen LogP contribution in [-0.4, -0.2) is 17.2 Å². The van der Waals surface area contributed by atoms with Crippen molar-refractivity contribution in [2.24, 2.45) is 17.3 Å². The third-order valence-corrected chi connectivity index (χ3v) is 6.99. The first-order valence-electron chi connectivity index (χ1n) is 8.52. The molecule has 1 unspecified atom stereocenters. The van der Waals surface area contributed by atoms with E-state index in [9.17, 15) is 14.7 Å². The minimum absolute atomic E-state index is 0.0109. The minimum Gasteiger partial charge on any atom is -0.461 e. The molecule has 2 saturated heterocycles. The lowest BCUT2D eigenvalue weighted by Gasteiger charge is -2.58. The Bertz CT molecular complexity index is 814. The van der Waals surface area contributed by atoms with Crippen molar-refractivity contribution in [3.8, 4) is 0 Å². The van der Waals surface area contributed by atoms with Crippen molar-refractivity contribution in [3.05, 3.63) is 44.6 Å². The Morgan fingerprint density at radius 1 is 1.26 bits per heavy atom. The van der Waals surface area contributed by atoms with Crippen molar-refractivity contribution in [1.82, 2.24) is 0 Å². The predicted octanol–water partition coefficient (Wildman–Crippen LogP) is 2.00. The van der Waals surface area contributed by atoms with Gasteiger partial charge in [-0.05, 0) is 66.5 Å². The monoisotopic (exact) mass is 312 g/mol. The molecule has 6 rings (SSSR count). The highest BCUT2D eigenvalue weighted by Gasteiger charge is 2.69. The maximum Gasteiger partial charge on any atom is 0.313 e. The van der Waals surface area contributed by atoms with Gasteiger partial charge in [-0.2, -0.15) is 0 Å². The first-order valence-corrected chi connectivity index (χ1v) is 8.52. The number of fused-ring (bicyclic) bond motifs is 2. The van der Waals surface area contributed by atoms with Crippen LogP contribution in [0, 0.1) is 24.2 Å². The van der Waals surface area contributed by atoms with Gasteiger partial charge in [0.1, 0.15) is 6.10 Å². The van der Waals surface area contributed by atoms with Gasteiger partial charge in [0, 0.05) is 11.8 Å². The normalized spacial score (nSPS) is 42.4. The molecule has 2 aliphatic heterocycles. The Labute approximate surface area is 134 Å². The lowest BCUT2D eigenvalue weighted by atomic mass is 9.50. The Kier molecular flexibility index (Phi) is 2.41. The van der Waals surface area contributed by atoms with Gasteiger partial charge in [-0.1, -0.05) is 6.92 Å². The van der Waals surface area contributed by atoms with Crippen LogP contribution in [0.25, 0.3) is 0 Å². The van der Waals surface area contributed by atoms with Gasteiger partial charge in [-0.3, -0.25) is 9.59 Å². The van der Waals surface area contributed by atoms with E-state index < -0.39 is 11.5 Å². The summed E-state index contributed by atoms with van der Waals surface area (Å²) in [5, 5.41) is 11.0. The summed E-state index contributed by atoms with van der Waals surface area (Å²) in [6.45, 7) is 4.04. The average Bonchev–Trinajstić information content (AvgIpc) is 2.72. The fraction of sp³-hybridized carbons (Fsp3) is 0.579. The summed E-state index contributed by atoms with van der Waals surface area (Å²) in [7, 11) is 0. The molecule has 4 nitrogen and oxygen atoms in total. The molecule has 1 aromatic carbocycles. The van der Waals surface area contributed by atoms with Gasteiger partial charge in [0.2, 0.25) is 0 Å². The van der Waals surface area contributed by atoms with Crippen LogP contribution >= 0.6 is 0 Å². The summed E-state index contributed by atoms with van der Waals surface area (Å²) < 4.78 is 5.72. The molecule has 1 aromatic rings. The molecule has 23 heavy (non-hydrogen) atoms. The minimum atomic E-state index is -0.636. The highest BCUT2D eigenvalue weighted by molar-refractivity contribution is 5.82. The van der Waals surface area contributed by atoms with Crippen molar-refractivity contribution >= 4 is 5.97 Å². The molecule has 4 heteroatoms. The zero-order chi connectivity index (χ0) is 16.1. The van der Waals surface area contributed by atoms with Crippen LogP contribution in [0.2, 0.25) is 0 Å². The van der Waals surface area contributed by atoms with E-state index >= 15 is 0 Å². The Balaban J connectivity index is 1.89. The summed E-state index contributed by atoms with van der Waals surface area (Å²) in [6.07, 6.45) is 1.44. The van der Waals surface area contributed by atoms with E-state index in [1.165, 1.54) is 0 Å². The smallest absolute Gasteiger partial charge is 0.313 e. The average molecular weight is 312 g/mol. The molecule has 120 valence electrons. The number of hydrogen-bond donors (Lipinski definition) is 1. The van der Waals surface area contributed by atoms with Crippen molar-refractivity contribution in [3.63, 3.8) is 0 Å². The van der Waals surface area contributed by atoms with Gasteiger partial charge in [0.05, 0.1) is 11.5 Å². The molecule has 0 amide bonds. The van der Waals surface area contributed by atoms with Crippen molar-refractivity contribution < 1.29 is 14.6 Å². The second-order valence-corrected chi connectivity index (χ2v) is 7.85. The zero-order valence-corrected chi connectivity index (χ0v) is 13.3.